The van der Waals surface area contributed by atoms with Crippen molar-refractivity contribution in [1.82, 2.24) is 0 Å². The van der Waals surface area contributed by atoms with E-state index >= 15 is 0 Å². The van der Waals surface area contributed by atoms with E-state index < -0.39 is 6.10 Å². The van der Waals surface area contributed by atoms with Gasteiger partial charge in [0.2, 0.25) is 0 Å². The molecule has 2 atom stereocenters. The normalized spacial score (nSPS) is 12.8. The highest BCUT2D eigenvalue weighted by molar-refractivity contribution is 5.98. The highest BCUT2D eigenvalue weighted by Gasteiger charge is 2.15. The van der Waals surface area contributed by atoms with Gasteiger partial charge < -0.3 is 20.6 Å². The van der Waals surface area contributed by atoms with Gasteiger partial charge >= 0.3 is 0 Å². The molecule has 0 aliphatic rings. The van der Waals surface area contributed by atoms with Crippen LogP contribution in [0, 0.1) is 5.41 Å². The summed E-state index contributed by atoms with van der Waals surface area (Å²) in [4.78, 5) is 0. The number of hydrogen-bond donors (Lipinski definition) is 3. The average Bonchev–Trinajstić information content (AvgIpc) is 2.78. The molecular formula is C25H28N2O2. The molecule has 29 heavy (non-hydrogen) atoms. The number of benzene rings is 3. The highest BCUT2D eigenvalue weighted by atomic mass is 16.5. The lowest BCUT2D eigenvalue weighted by Gasteiger charge is -2.21. The maximum absolute atomic E-state index is 9.67. The van der Waals surface area contributed by atoms with Gasteiger partial charge in [0.1, 0.15) is 12.4 Å². The minimum Gasteiger partial charge on any atom is -0.491 e. The maximum Gasteiger partial charge on any atom is 0.119 e. The maximum atomic E-state index is 9.67. The Morgan fingerprint density at radius 3 is 2.17 bits per heavy atom. The summed E-state index contributed by atoms with van der Waals surface area (Å²) in [7, 11) is 0. The van der Waals surface area contributed by atoms with E-state index in [9.17, 15) is 5.11 Å². The first-order valence-corrected chi connectivity index (χ1v) is 10.0. The monoisotopic (exact) mass is 388 g/mol. The second kappa shape index (κ2) is 10.4. The third-order valence-corrected chi connectivity index (χ3v) is 4.84. The molecule has 0 amide bonds. The standard InChI is InChI=1S/C25H28N2O2/c1-2-22(28)18-29-23-15-13-20(14-16-23)25(27-21-11-7-4-8-12-21)17-24(26)19-9-5-3-6-10-19/h3-16,22,25-28H,2,17-18H2,1H3. The molecule has 2 unspecified atom stereocenters. The van der Waals surface area contributed by atoms with Crippen molar-refractivity contribution in [3.8, 4) is 5.75 Å². The molecule has 0 bridgehead atoms. The topological polar surface area (TPSA) is 65.3 Å². The van der Waals surface area contributed by atoms with E-state index in [0.717, 1.165) is 22.6 Å². The number of nitrogens with one attached hydrogen (secondary N) is 2. The van der Waals surface area contributed by atoms with E-state index in [1.807, 2.05) is 91.9 Å². The Hall–Kier alpha value is -3.11. The summed E-state index contributed by atoms with van der Waals surface area (Å²) >= 11 is 0. The van der Waals surface area contributed by atoms with Gasteiger partial charge in [0.25, 0.3) is 0 Å². The molecule has 4 nitrogen and oxygen atoms in total. The van der Waals surface area contributed by atoms with Gasteiger partial charge in [-0.15, -0.1) is 0 Å². The van der Waals surface area contributed by atoms with Crippen LogP contribution < -0.4 is 10.1 Å². The Morgan fingerprint density at radius 2 is 1.55 bits per heavy atom. The summed E-state index contributed by atoms with van der Waals surface area (Å²) in [5.74, 6) is 0.734. The second-order valence-corrected chi connectivity index (χ2v) is 7.05. The van der Waals surface area contributed by atoms with E-state index in [2.05, 4.69) is 5.32 Å². The van der Waals surface area contributed by atoms with Crippen LogP contribution in [0.25, 0.3) is 0 Å². The molecule has 0 aliphatic carbocycles. The number of anilines is 1. The predicted octanol–water partition coefficient (Wildman–Crippen LogP) is 5.45. The summed E-state index contributed by atoms with van der Waals surface area (Å²) in [6, 6.07) is 27.7. The number of hydrogen-bond acceptors (Lipinski definition) is 4. The summed E-state index contributed by atoms with van der Waals surface area (Å²) in [6.07, 6.45) is 0.782. The molecule has 0 aromatic heterocycles. The fraction of sp³-hybridized carbons (Fsp3) is 0.240. The van der Waals surface area contributed by atoms with Crippen molar-refractivity contribution in [1.29, 1.82) is 5.41 Å². The van der Waals surface area contributed by atoms with E-state index in [-0.39, 0.29) is 6.04 Å². The van der Waals surface area contributed by atoms with Crippen molar-refractivity contribution < 1.29 is 9.84 Å². The lowest BCUT2D eigenvalue weighted by Crippen LogP contribution is -2.17. The molecule has 4 heteroatoms. The summed E-state index contributed by atoms with van der Waals surface area (Å²) in [5, 5.41) is 21.8. The molecule has 0 spiro atoms. The van der Waals surface area contributed by atoms with Crippen molar-refractivity contribution in [3.05, 3.63) is 96.1 Å². The largest absolute Gasteiger partial charge is 0.491 e. The number of rotatable bonds is 10. The van der Waals surface area contributed by atoms with Gasteiger partial charge in [-0.25, -0.2) is 0 Å². The summed E-state index contributed by atoms with van der Waals surface area (Å²) in [5.41, 5.74) is 3.62. The first-order valence-electron chi connectivity index (χ1n) is 10.0. The van der Waals surface area contributed by atoms with Crippen molar-refractivity contribution in [3.63, 3.8) is 0 Å². The van der Waals surface area contributed by atoms with Gasteiger partial charge in [0.05, 0.1) is 12.1 Å². The minimum atomic E-state index is -0.450. The zero-order valence-electron chi connectivity index (χ0n) is 16.7. The molecular weight excluding hydrogens is 360 g/mol. The molecule has 3 rings (SSSR count). The lowest BCUT2D eigenvalue weighted by molar-refractivity contribution is 0.104. The van der Waals surface area contributed by atoms with Crippen LogP contribution in [0.2, 0.25) is 0 Å². The molecule has 0 fully saturated rings. The minimum absolute atomic E-state index is 0.0413. The van der Waals surface area contributed by atoms with Crippen LogP contribution in [-0.2, 0) is 0 Å². The highest BCUT2D eigenvalue weighted by Crippen LogP contribution is 2.26. The van der Waals surface area contributed by atoms with E-state index in [4.69, 9.17) is 10.1 Å². The van der Waals surface area contributed by atoms with Gasteiger partial charge in [-0.05, 0) is 41.8 Å². The fourth-order valence-corrected chi connectivity index (χ4v) is 3.06. The molecule has 3 N–H and O–H groups in total. The van der Waals surface area contributed by atoms with Gasteiger partial charge in [0, 0.05) is 17.8 Å². The lowest BCUT2D eigenvalue weighted by atomic mass is 9.97. The van der Waals surface area contributed by atoms with Crippen LogP contribution in [0.15, 0.2) is 84.9 Å². The van der Waals surface area contributed by atoms with Crippen LogP contribution in [0.4, 0.5) is 5.69 Å². The Morgan fingerprint density at radius 1 is 0.931 bits per heavy atom. The smallest absolute Gasteiger partial charge is 0.119 e. The SMILES string of the molecule is CCC(O)COc1ccc(C(CC(=N)c2ccccc2)Nc2ccccc2)cc1. The first-order chi connectivity index (χ1) is 14.2. The van der Waals surface area contributed by atoms with Crippen LogP contribution >= 0.6 is 0 Å². The molecule has 150 valence electrons. The van der Waals surface area contributed by atoms with E-state index in [1.54, 1.807) is 0 Å². The Bertz CT molecular complexity index is 880. The second-order valence-electron chi connectivity index (χ2n) is 7.05. The fourth-order valence-electron chi connectivity index (χ4n) is 3.06. The molecule has 0 saturated carbocycles. The Kier molecular flexibility index (Phi) is 7.42. The van der Waals surface area contributed by atoms with Gasteiger partial charge in [-0.1, -0.05) is 67.6 Å². The Labute approximate surface area is 172 Å². The molecule has 3 aromatic carbocycles. The van der Waals surface area contributed by atoms with Crippen LogP contribution in [0.3, 0.4) is 0 Å². The third-order valence-electron chi connectivity index (χ3n) is 4.84. The molecule has 3 aromatic rings. The number of para-hydroxylation sites is 1. The summed E-state index contributed by atoms with van der Waals surface area (Å²) < 4.78 is 5.65. The first kappa shape index (κ1) is 20.6. The zero-order valence-corrected chi connectivity index (χ0v) is 16.7. The molecule has 0 heterocycles. The van der Waals surface area contributed by atoms with Crippen molar-refractivity contribution in [2.24, 2.45) is 0 Å². The van der Waals surface area contributed by atoms with Crippen LogP contribution in [0.1, 0.15) is 36.9 Å². The molecule has 0 radical (unpaired) electrons. The van der Waals surface area contributed by atoms with Crippen molar-refractivity contribution >= 4 is 11.4 Å². The molecule has 0 saturated heterocycles. The Balaban J connectivity index is 1.76. The van der Waals surface area contributed by atoms with Gasteiger partial charge in [-0.2, -0.15) is 0 Å². The van der Waals surface area contributed by atoms with E-state index in [0.29, 0.717) is 25.2 Å². The quantitative estimate of drug-likeness (QED) is 0.405. The van der Waals surface area contributed by atoms with Gasteiger partial charge in [0.15, 0.2) is 0 Å². The predicted molar refractivity (Wildman–Crippen MR) is 119 cm³/mol. The number of ether oxygens (including phenoxy) is 1. The zero-order chi connectivity index (χ0) is 20.5. The van der Waals surface area contributed by atoms with Crippen LogP contribution in [0.5, 0.6) is 5.75 Å². The summed E-state index contributed by atoms with van der Waals surface area (Å²) in [6.45, 7) is 2.22. The third kappa shape index (κ3) is 6.19. The average molecular weight is 389 g/mol. The van der Waals surface area contributed by atoms with Crippen molar-refractivity contribution in [2.45, 2.75) is 31.9 Å². The van der Waals surface area contributed by atoms with E-state index in [1.165, 1.54) is 0 Å². The van der Waals surface area contributed by atoms with Crippen molar-refractivity contribution in [2.75, 3.05) is 11.9 Å². The number of aliphatic hydroxyl groups is 1. The van der Waals surface area contributed by atoms with Gasteiger partial charge in [-0.3, -0.25) is 0 Å². The molecule has 0 aliphatic heterocycles. The van der Waals surface area contributed by atoms with Crippen LogP contribution in [-0.4, -0.2) is 23.5 Å². The number of aliphatic hydroxyl groups excluding tert-OH is 1.